The zero-order chi connectivity index (χ0) is 33.1. The van der Waals surface area contributed by atoms with E-state index in [4.69, 9.17) is 5.11 Å². The quantitative estimate of drug-likeness (QED) is 0.191. The second kappa shape index (κ2) is 17.2. The van der Waals surface area contributed by atoms with Crippen LogP contribution in [0.15, 0.2) is 35.7 Å². The standard InChI is InChI=1S/C33H47N5O6S/c1-6-21(4)29(37-31(43)26-13-10-16-38(26)5)32(44)35-24(20(2)3)18-27(39)33-36-25(19-45-33)30(42)34-23(14-15-28(40)41)17-22-11-8-7-9-12-22/h7-9,11-12,19-21,23-24,26,29H,6,10,13-18H2,1-5H3,(H,34,42)(H,35,44)(H,37,43)(H,40,41)/t21-,23+,24+,26+,29-/m0/s1. The zero-order valence-corrected chi connectivity index (χ0v) is 27.7. The van der Waals surface area contributed by atoms with Gasteiger partial charge in [0, 0.05) is 30.3 Å². The van der Waals surface area contributed by atoms with Crippen LogP contribution in [0.4, 0.5) is 0 Å². The summed E-state index contributed by atoms with van der Waals surface area (Å²) in [6, 6.07) is 7.56. The molecule has 0 saturated carbocycles. The molecule has 246 valence electrons. The Balaban J connectivity index is 1.64. The number of nitrogens with zero attached hydrogens (tertiary/aromatic N) is 2. The van der Waals surface area contributed by atoms with E-state index in [1.165, 1.54) is 5.38 Å². The van der Waals surface area contributed by atoms with E-state index in [1.54, 1.807) is 0 Å². The summed E-state index contributed by atoms with van der Waals surface area (Å²) in [6.07, 6.45) is 2.98. The topological polar surface area (TPSA) is 158 Å². The second-order valence-electron chi connectivity index (χ2n) is 12.3. The monoisotopic (exact) mass is 641 g/mol. The second-order valence-corrected chi connectivity index (χ2v) is 13.2. The molecule has 0 unspecified atom stereocenters. The highest BCUT2D eigenvalue weighted by molar-refractivity contribution is 7.11. The number of hydrogen-bond acceptors (Lipinski definition) is 8. The van der Waals surface area contributed by atoms with E-state index in [2.05, 4.69) is 20.9 Å². The predicted molar refractivity (Wildman–Crippen MR) is 173 cm³/mol. The van der Waals surface area contributed by atoms with Crippen molar-refractivity contribution in [3.05, 3.63) is 52.0 Å². The fraction of sp³-hybridized carbons (Fsp3) is 0.576. The number of Topliss-reactive ketones (excluding diaryl/α,β-unsaturated/α-hetero) is 1. The van der Waals surface area contributed by atoms with Crippen molar-refractivity contribution in [1.82, 2.24) is 25.8 Å². The van der Waals surface area contributed by atoms with E-state index in [1.807, 2.05) is 70.0 Å². The molecule has 45 heavy (non-hydrogen) atoms. The first-order valence-corrected chi connectivity index (χ1v) is 16.6. The molecule has 3 rings (SSSR count). The van der Waals surface area contributed by atoms with Crippen LogP contribution in [-0.2, 0) is 20.8 Å². The Hall–Kier alpha value is -3.64. The van der Waals surface area contributed by atoms with Crippen molar-refractivity contribution in [3.63, 3.8) is 0 Å². The van der Waals surface area contributed by atoms with Crippen LogP contribution < -0.4 is 16.0 Å². The Labute approximate surface area is 269 Å². The van der Waals surface area contributed by atoms with Crippen LogP contribution >= 0.6 is 11.3 Å². The number of benzene rings is 1. The van der Waals surface area contributed by atoms with Crippen LogP contribution in [0.25, 0.3) is 0 Å². The van der Waals surface area contributed by atoms with E-state index in [0.29, 0.717) is 12.8 Å². The number of aromatic nitrogens is 1. The van der Waals surface area contributed by atoms with Gasteiger partial charge in [-0.25, -0.2) is 4.98 Å². The Morgan fingerprint density at radius 2 is 1.78 bits per heavy atom. The molecule has 11 nitrogen and oxygen atoms in total. The van der Waals surface area contributed by atoms with Crippen molar-refractivity contribution in [1.29, 1.82) is 0 Å². The molecule has 1 aromatic carbocycles. The number of carbonyl (C=O) groups is 5. The van der Waals surface area contributed by atoms with Crippen LogP contribution in [0.1, 0.15) is 92.1 Å². The lowest BCUT2D eigenvalue weighted by Gasteiger charge is -2.29. The molecular weight excluding hydrogens is 594 g/mol. The number of ketones is 1. The number of aliphatic carboxylic acids is 1. The molecule has 0 radical (unpaired) electrons. The third kappa shape index (κ3) is 10.7. The van der Waals surface area contributed by atoms with Crippen LogP contribution in [0.5, 0.6) is 0 Å². The summed E-state index contributed by atoms with van der Waals surface area (Å²) < 4.78 is 0. The molecule has 1 fully saturated rings. The van der Waals surface area contributed by atoms with Gasteiger partial charge >= 0.3 is 5.97 Å². The van der Waals surface area contributed by atoms with E-state index >= 15 is 0 Å². The fourth-order valence-corrected chi connectivity index (χ4v) is 6.14. The first-order valence-electron chi connectivity index (χ1n) is 15.8. The summed E-state index contributed by atoms with van der Waals surface area (Å²) in [6.45, 7) is 8.55. The molecule has 0 aliphatic carbocycles. The fourth-order valence-electron chi connectivity index (χ4n) is 5.39. The largest absolute Gasteiger partial charge is 0.481 e. The number of carboxylic acids is 1. The molecule has 1 aromatic heterocycles. The van der Waals surface area contributed by atoms with Crippen molar-refractivity contribution in [2.75, 3.05) is 13.6 Å². The lowest BCUT2D eigenvalue weighted by molar-refractivity contribution is -0.137. The molecule has 0 bridgehead atoms. The average molecular weight is 642 g/mol. The minimum Gasteiger partial charge on any atom is -0.481 e. The molecule has 2 heterocycles. The van der Waals surface area contributed by atoms with Gasteiger partial charge in [-0.3, -0.25) is 28.9 Å². The van der Waals surface area contributed by atoms with E-state index in [-0.39, 0.29) is 65.4 Å². The molecule has 4 N–H and O–H groups in total. The van der Waals surface area contributed by atoms with Gasteiger partial charge in [0.05, 0.1) is 6.04 Å². The van der Waals surface area contributed by atoms with E-state index < -0.39 is 30.0 Å². The molecular formula is C33H47N5O6S. The average Bonchev–Trinajstić information content (AvgIpc) is 3.68. The van der Waals surface area contributed by atoms with Crippen molar-refractivity contribution < 1.29 is 29.1 Å². The minimum atomic E-state index is -0.949. The SMILES string of the molecule is CC[C@H](C)[C@H](NC(=O)[C@H]1CCCN1C)C(=O)N[C@H](CC(=O)c1nc(C(=O)N[C@H](CCC(=O)O)Cc2ccccc2)cs1)C(C)C. The van der Waals surface area contributed by atoms with Crippen LogP contribution in [0, 0.1) is 11.8 Å². The Morgan fingerprint density at radius 1 is 1.07 bits per heavy atom. The van der Waals surface area contributed by atoms with Crippen molar-refractivity contribution in [3.8, 4) is 0 Å². The zero-order valence-electron chi connectivity index (χ0n) is 26.9. The number of thiazole rings is 1. The van der Waals surface area contributed by atoms with Crippen molar-refractivity contribution in [2.24, 2.45) is 11.8 Å². The Kier molecular flexibility index (Phi) is 13.7. The summed E-state index contributed by atoms with van der Waals surface area (Å²) in [5.74, 6) is -2.40. The summed E-state index contributed by atoms with van der Waals surface area (Å²) in [7, 11) is 1.91. The van der Waals surface area contributed by atoms with Gasteiger partial charge in [-0.1, -0.05) is 64.4 Å². The molecule has 1 aliphatic rings. The van der Waals surface area contributed by atoms with Gasteiger partial charge < -0.3 is 21.1 Å². The summed E-state index contributed by atoms with van der Waals surface area (Å²) in [5.41, 5.74) is 1.04. The highest BCUT2D eigenvalue weighted by Crippen LogP contribution is 2.19. The van der Waals surface area contributed by atoms with Crippen LogP contribution in [-0.4, -0.2) is 82.2 Å². The van der Waals surface area contributed by atoms with Crippen molar-refractivity contribution in [2.45, 2.75) is 96.8 Å². The summed E-state index contributed by atoms with van der Waals surface area (Å²) in [4.78, 5) is 70.3. The number of likely N-dealkylation sites (N-methyl/N-ethyl adjacent to an activating group) is 1. The van der Waals surface area contributed by atoms with Crippen LogP contribution in [0.3, 0.4) is 0 Å². The molecule has 2 aromatic rings. The van der Waals surface area contributed by atoms with Gasteiger partial charge in [0.1, 0.15) is 11.7 Å². The number of hydrogen-bond donors (Lipinski definition) is 4. The Morgan fingerprint density at radius 3 is 2.38 bits per heavy atom. The van der Waals surface area contributed by atoms with Crippen LogP contribution in [0.2, 0.25) is 0 Å². The lowest BCUT2D eigenvalue weighted by Crippen LogP contribution is -2.56. The number of carboxylic acid groups (broad SMARTS) is 1. The molecule has 3 amide bonds. The number of carbonyl (C=O) groups excluding carboxylic acids is 4. The maximum absolute atomic E-state index is 13.5. The van der Waals surface area contributed by atoms with Gasteiger partial charge in [0.15, 0.2) is 10.8 Å². The number of rotatable bonds is 17. The minimum absolute atomic E-state index is 0.0141. The van der Waals surface area contributed by atoms with Gasteiger partial charge in [0.25, 0.3) is 5.91 Å². The predicted octanol–water partition coefficient (Wildman–Crippen LogP) is 3.69. The first-order chi connectivity index (χ1) is 21.4. The number of likely N-dealkylation sites (tertiary alicyclic amines) is 1. The van der Waals surface area contributed by atoms with Gasteiger partial charge in [-0.05, 0) is 56.7 Å². The maximum Gasteiger partial charge on any atom is 0.303 e. The molecule has 1 saturated heterocycles. The lowest BCUT2D eigenvalue weighted by atomic mass is 9.94. The normalized spacial score (nSPS) is 17.7. The van der Waals surface area contributed by atoms with E-state index in [0.717, 1.165) is 36.3 Å². The highest BCUT2D eigenvalue weighted by Gasteiger charge is 2.34. The molecule has 12 heteroatoms. The third-order valence-corrected chi connectivity index (χ3v) is 9.38. The Bertz CT molecular complexity index is 1320. The van der Waals surface area contributed by atoms with Gasteiger partial charge in [-0.15, -0.1) is 11.3 Å². The smallest absolute Gasteiger partial charge is 0.303 e. The third-order valence-electron chi connectivity index (χ3n) is 8.50. The first kappa shape index (κ1) is 35.8. The summed E-state index contributed by atoms with van der Waals surface area (Å²) >= 11 is 1.06. The maximum atomic E-state index is 13.5. The highest BCUT2D eigenvalue weighted by atomic mass is 32.1. The van der Waals surface area contributed by atoms with Gasteiger partial charge in [0.2, 0.25) is 11.8 Å². The molecule has 5 atom stereocenters. The summed E-state index contributed by atoms with van der Waals surface area (Å²) in [5, 5.41) is 19.7. The molecule has 1 aliphatic heterocycles. The molecule has 0 spiro atoms. The van der Waals surface area contributed by atoms with Gasteiger partial charge in [-0.2, -0.15) is 0 Å². The number of nitrogens with one attached hydrogen (secondary N) is 3. The van der Waals surface area contributed by atoms with Crippen molar-refractivity contribution >= 4 is 40.8 Å². The van der Waals surface area contributed by atoms with E-state index in [9.17, 15) is 24.0 Å². The number of amides is 3.